The highest BCUT2D eigenvalue weighted by Crippen LogP contribution is 2.39. The summed E-state index contributed by atoms with van der Waals surface area (Å²) in [5.74, 6) is 0.837. The van der Waals surface area contributed by atoms with E-state index < -0.39 is 0 Å². The maximum atomic E-state index is 3.68. The molecule has 1 aromatic rings. The summed E-state index contributed by atoms with van der Waals surface area (Å²) in [6, 6.07) is 0.788. The van der Waals surface area contributed by atoms with Crippen LogP contribution in [0, 0.1) is 0 Å². The highest BCUT2D eigenvalue weighted by Gasteiger charge is 2.31. The van der Waals surface area contributed by atoms with Gasteiger partial charge in [-0.3, -0.25) is 0 Å². The summed E-state index contributed by atoms with van der Waals surface area (Å²) in [6.45, 7) is 1.19. The molecule has 0 spiro atoms. The molecule has 0 radical (unpaired) electrons. The van der Waals surface area contributed by atoms with Crippen molar-refractivity contribution in [1.29, 1.82) is 0 Å². The molecule has 0 aromatic carbocycles. The molecule has 2 atom stereocenters. The lowest BCUT2D eigenvalue weighted by Gasteiger charge is -2.17. The third kappa shape index (κ3) is 1.24. The normalized spacial score (nSPS) is 32.3. The van der Waals surface area contributed by atoms with E-state index in [4.69, 9.17) is 0 Å². The van der Waals surface area contributed by atoms with Gasteiger partial charge in [0.05, 0.1) is 0 Å². The fourth-order valence-corrected chi connectivity index (χ4v) is 3.79. The Morgan fingerprint density at radius 3 is 3.31 bits per heavy atom. The second-order valence-corrected chi connectivity index (χ2v) is 4.94. The van der Waals surface area contributed by atoms with Crippen molar-refractivity contribution in [1.82, 2.24) is 5.32 Å². The van der Waals surface area contributed by atoms with Crippen molar-refractivity contribution in [3.05, 3.63) is 21.9 Å². The van der Waals surface area contributed by atoms with Gasteiger partial charge < -0.3 is 5.32 Å². The molecule has 1 saturated carbocycles. The molecule has 1 aliphatic heterocycles. The zero-order chi connectivity index (χ0) is 8.67. The lowest BCUT2D eigenvalue weighted by Crippen LogP contribution is -2.30. The van der Waals surface area contributed by atoms with Crippen LogP contribution in [0.4, 0.5) is 0 Å². The van der Waals surface area contributed by atoms with Crippen LogP contribution in [0.1, 0.15) is 36.3 Å². The van der Waals surface area contributed by atoms with Gasteiger partial charge in [-0.05, 0) is 47.7 Å². The van der Waals surface area contributed by atoms with Gasteiger partial charge in [0.25, 0.3) is 0 Å². The number of nitrogens with one attached hydrogen (secondary N) is 1. The minimum atomic E-state index is 0.788. The van der Waals surface area contributed by atoms with Crippen molar-refractivity contribution < 1.29 is 0 Å². The van der Waals surface area contributed by atoms with Gasteiger partial charge in [-0.1, -0.05) is 6.42 Å². The lowest BCUT2D eigenvalue weighted by atomic mass is 9.94. The van der Waals surface area contributed by atoms with Crippen molar-refractivity contribution in [2.75, 3.05) is 6.54 Å². The topological polar surface area (TPSA) is 12.0 Å². The van der Waals surface area contributed by atoms with Crippen molar-refractivity contribution in [3.63, 3.8) is 0 Å². The Morgan fingerprint density at radius 2 is 2.31 bits per heavy atom. The van der Waals surface area contributed by atoms with Crippen LogP contribution in [0.5, 0.6) is 0 Å². The van der Waals surface area contributed by atoms with Gasteiger partial charge in [0.2, 0.25) is 0 Å². The Morgan fingerprint density at radius 1 is 1.31 bits per heavy atom. The zero-order valence-electron chi connectivity index (χ0n) is 7.75. The second kappa shape index (κ2) is 3.10. The van der Waals surface area contributed by atoms with Crippen molar-refractivity contribution in [2.24, 2.45) is 0 Å². The maximum Gasteiger partial charge on any atom is 0.0136 e. The first kappa shape index (κ1) is 8.01. The summed E-state index contributed by atoms with van der Waals surface area (Å²) in [5.41, 5.74) is 3.28. The molecule has 0 saturated heterocycles. The van der Waals surface area contributed by atoms with Crippen molar-refractivity contribution in [2.45, 2.75) is 37.6 Å². The van der Waals surface area contributed by atoms with Crippen molar-refractivity contribution in [3.8, 4) is 0 Å². The van der Waals surface area contributed by atoms with E-state index in [2.05, 4.69) is 16.1 Å². The molecule has 2 unspecified atom stereocenters. The molecule has 2 aliphatic rings. The van der Waals surface area contributed by atoms with Gasteiger partial charge in [-0.25, -0.2) is 0 Å². The molecule has 1 nitrogen and oxygen atoms in total. The first-order valence-corrected chi connectivity index (χ1v) is 6.18. The van der Waals surface area contributed by atoms with Crippen molar-refractivity contribution >= 4 is 11.3 Å². The Labute approximate surface area is 83.2 Å². The average molecular weight is 193 g/mol. The van der Waals surface area contributed by atoms with E-state index in [9.17, 15) is 0 Å². The molecule has 13 heavy (non-hydrogen) atoms. The molecule has 1 fully saturated rings. The van der Waals surface area contributed by atoms with E-state index in [1.54, 1.807) is 11.1 Å². The van der Waals surface area contributed by atoms with Crippen LogP contribution in [-0.2, 0) is 6.42 Å². The molecule has 2 heteroatoms. The van der Waals surface area contributed by atoms with Crippen LogP contribution in [0.15, 0.2) is 10.8 Å². The highest BCUT2D eigenvalue weighted by atomic mass is 32.1. The summed E-state index contributed by atoms with van der Waals surface area (Å²) in [5, 5.41) is 8.41. The van der Waals surface area contributed by atoms with Crippen LogP contribution in [0.2, 0.25) is 0 Å². The lowest BCUT2D eigenvalue weighted by molar-refractivity contribution is 0.499. The van der Waals surface area contributed by atoms with E-state index in [1.807, 2.05) is 11.3 Å². The fourth-order valence-electron chi connectivity index (χ4n) is 2.83. The maximum absolute atomic E-state index is 3.68. The highest BCUT2D eigenvalue weighted by molar-refractivity contribution is 7.08. The fraction of sp³-hybridized carbons (Fsp3) is 0.636. The number of hydrogen-bond donors (Lipinski definition) is 1. The van der Waals surface area contributed by atoms with Gasteiger partial charge in [0, 0.05) is 12.0 Å². The molecular weight excluding hydrogens is 178 g/mol. The van der Waals surface area contributed by atoms with Crippen LogP contribution in [0.3, 0.4) is 0 Å². The number of rotatable bonds is 0. The minimum absolute atomic E-state index is 0.788. The summed E-state index contributed by atoms with van der Waals surface area (Å²) >= 11 is 1.89. The first-order chi connectivity index (χ1) is 6.45. The molecule has 0 bridgehead atoms. The molecule has 3 rings (SSSR count). The van der Waals surface area contributed by atoms with Crippen LogP contribution in [-0.4, -0.2) is 12.6 Å². The van der Waals surface area contributed by atoms with E-state index >= 15 is 0 Å². The monoisotopic (exact) mass is 193 g/mol. The SMILES string of the molecule is c1scc2c1CCNC1CCCC21. The third-order valence-electron chi connectivity index (χ3n) is 3.49. The van der Waals surface area contributed by atoms with E-state index in [0.29, 0.717) is 0 Å². The standard InChI is InChI=1S/C11H15NS/c1-2-9-10-7-13-6-8(10)4-5-12-11(9)3-1/h6-7,9,11-12H,1-5H2. The Kier molecular flexibility index (Phi) is 1.91. The van der Waals surface area contributed by atoms with Gasteiger partial charge in [0.15, 0.2) is 0 Å². The van der Waals surface area contributed by atoms with Crippen LogP contribution >= 0.6 is 11.3 Å². The molecule has 2 heterocycles. The zero-order valence-corrected chi connectivity index (χ0v) is 8.57. The minimum Gasteiger partial charge on any atom is -0.313 e. The van der Waals surface area contributed by atoms with E-state index in [1.165, 1.54) is 32.2 Å². The summed E-state index contributed by atoms with van der Waals surface area (Å²) in [7, 11) is 0. The molecule has 1 aliphatic carbocycles. The Balaban J connectivity index is 2.02. The summed E-state index contributed by atoms with van der Waals surface area (Å²) in [6.07, 6.45) is 5.45. The molecule has 1 aromatic heterocycles. The molecular formula is C11H15NS. The number of thiophene rings is 1. The summed E-state index contributed by atoms with van der Waals surface area (Å²) < 4.78 is 0. The Bertz CT molecular complexity index is 305. The first-order valence-electron chi connectivity index (χ1n) is 5.23. The smallest absolute Gasteiger partial charge is 0.0136 e. The largest absolute Gasteiger partial charge is 0.313 e. The quantitative estimate of drug-likeness (QED) is 0.667. The summed E-state index contributed by atoms with van der Waals surface area (Å²) in [4.78, 5) is 0. The van der Waals surface area contributed by atoms with E-state index in [-0.39, 0.29) is 0 Å². The van der Waals surface area contributed by atoms with Gasteiger partial charge in [-0.2, -0.15) is 11.3 Å². The molecule has 0 amide bonds. The predicted molar refractivity (Wildman–Crippen MR) is 56.4 cm³/mol. The van der Waals surface area contributed by atoms with Crippen LogP contribution < -0.4 is 5.32 Å². The predicted octanol–water partition coefficient (Wildman–Crippen LogP) is 2.53. The van der Waals surface area contributed by atoms with Gasteiger partial charge in [0.1, 0.15) is 0 Å². The third-order valence-corrected chi connectivity index (χ3v) is 4.30. The number of fused-ring (bicyclic) bond motifs is 3. The molecule has 70 valence electrons. The average Bonchev–Trinajstić information content (AvgIpc) is 2.72. The number of hydrogen-bond acceptors (Lipinski definition) is 2. The Hall–Kier alpha value is -0.340. The van der Waals surface area contributed by atoms with E-state index in [0.717, 1.165) is 12.0 Å². The van der Waals surface area contributed by atoms with Gasteiger partial charge in [-0.15, -0.1) is 0 Å². The molecule has 1 N–H and O–H groups in total. The second-order valence-electron chi connectivity index (χ2n) is 4.20. The van der Waals surface area contributed by atoms with Crippen LogP contribution in [0.25, 0.3) is 0 Å². The van der Waals surface area contributed by atoms with Gasteiger partial charge >= 0.3 is 0 Å².